The molecule has 8 heteroatoms. The first-order valence-electron chi connectivity index (χ1n) is 8.53. The van der Waals surface area contributed by atoms with Crippen molar-refractivity contribution >= 4 is 28.4 Å². The molecule has 1 saturated heterocycles. The summed E-state index contributed by atoms with van der Waals surface area (Å²) in [4.78, 5) is 34.0. The molecule has 0 aliphatic carbocycles. The highest BCUT2D eigenvalue weighted by atomic mass is 32.1. The number of aromatic nitrogens is 1. The van der Waals surface area contributed by atoms with Crippen molar-refractivity contribution in [3.8, 4) is 17.0 Å². The maximum absolute atomic E-state index is 12.9. The van der Waals surface area contributed by atoms with E-state index >= 15 is 0 Å². The quantitative estimate of drug-likeness (QED) is 0.835. The molecule has 0 atom stereocenters. The van der Waals surface area contributed by atoms with E-state index in [0.29, 0.717) is 18.2 Å². The Morgan fingerprint density at radius 3 is 2.85 bits per heavy atom. The fraction of sp³-hybridized carbons (Fsp3) is 0.389. The Labute approximate surface area is 155 Å². The Bertz CT molecular complexity index is 892. The van der Waals surface area contributed by atoms with Crippen molar-refractivity contribution in [2.24, 2.45) is 5.73 Å². The van der Waals surface area contributed by atoms with Gasteiger partial charge in [0.2, 0.25) is 0 Å². The van der Waals surface area contributed by atoms with Gasteiger partial charge in [-0.3, -0.25) is 14.6 Å². The van der Waals surface area contributed by atoms with Crippen LogP contribution in [0.3, 0.4) is 0 Å². The van der Waals surface area contributed by atoms with Gasteiger partial charge in [-0.1, -0.05) is 12.1 Å². The number of para-hydroxylation sites is 1. The van der Waals surface area contributed by atoms with E-state index in [4.69, 9.17) is 15.5 Å². The predicted molar refractivity (Wildman–Crippen MR) is 99.5 cm³/mol. The van der Waals surface area contributed by atoms with E-state index in [-0.39, 0.29) is 25.0 Å². The monoisotopic (exact) mass is 372 g/mol. The molecule has 0 radical (unpaired) electrons. The van der Waals surface area contributed by atoms with Gasteiger partial charge in [0.15, 0.2) is 5.13 Å². The molecule has 0 spiro atoms. The fourth-order valence-electron chi connectivity index (χ4n) is 3.38. The lowest BCUT2D eigenvalue weighted by Gasteiger charge is -2.25. The summed E-state index contributed by atoms with van der Waals surface area (Å²) in [6, 6.07) is 7.38. The number of thiazole rings is 1. The molecule has 2 aliphatic heterocycles. The topological polar surface area (TPSA) is 88.8 Å². The maximum Gasteiger partial charge on any atom is 0.334 e. The van der Waals surface area contributed by atoms with Crippen molar-refractivity contribution in [1.29, 1.82) is 0 Å². The molecule has 0 saturated carbocycles. The lowest BCUT2D eigenvalue weighted by Crippen LogP contribution is -2.44. The molecule has 1 aromatic carbocycles. The molecule has 2 aliphatic rings. The third kappa shape index (κ3) is 2.40. The molecule has 3 heterocycles. The average Bonchev–Trinajstić information content (AvgIpc) is 3.01. The van der Waals surface area contributed by atoms with Gasteiger partial charge in [-0.15, -0.1) is 11.3 Å². The summed E-state index contributed by atoms with van der Waals surface area (Å²) >= 11 is 1.44. The molecule has 2 N–H and O–H groups in total. The number of ether oxygens (including phenoxy) is 1. The van der Waals surface area contributed by atoms with E-state index in [2.05, 4.69) is 0 Å². The van der Waals surface area contributed by atoms with Crippen LogP contribution >= 0.6 is 11.3 Å². The zero-order valence-electron chi connectivity index (χ0n) is 14.7. The Hall–Kier alpha value is -2.45. The van der Waals surface area contributed by atoms with Gasteiger partial charge in [0.1, 0.15) is 11.3 Å². The molecular formula is C18H20N4O3S. The summed E-state index contributed by atoms with van der Waals surface area (Å²) < 4.78 is 5.79. The first kappa shape index (κ1) is 17.0. The number of nitrogens with zero attached hydrogens (tertiary/aromatic N) is 3. The summed E-state index contributed by atoms with van der Waals surface area (Å²) in [5.41, 5.74) is 6.32. The van der Waals surface area contributed by atoms with E-state index in [0.717, 1.165) is 21.9 Å². The van der Waals surface area contributed by atoms with Crippen molar-refractivity contribution in [3.63, 3.8) is 0 Å². The third-order valence-electron chi connectivity index (χ3n) is 4.71. The van der Waals surface area contributed by atoms with Crippen LogP contribution < -0.4 is 15.4 Å². The molecule has 0 unspecified atom stereocenters. The van der Waals surface area contributed by atoms with Crippen molar-refractivity contribution in [3.05, 3.63) is 29.1 Å². The number of carbonyl (C=O) groups is 2. The highest BCUT2D eigenvalue weighted by molar-refractivity contribution is 7.16. The van der Waals surface area contributed by atoms with Crippen LogP contribution in [0, 0.1) is 0 Å². The van der Waals surface area contributed by atoms with Crippen LogP contribution in [0.1, 0.15) is 18.7 Å². The summed E-state index contributed by atoms with van der Waals surface area (Å²) in [7, 11) is 0. The van der Waals surface area contributed by atoms with Crippen LogP contribution in [0.4, 0.5) is 9.93 Å². The summed E-state index contributed by atoms with van der Waals surface area (Å²) in [6.45, 7) is 4.49. The minimum Gasteiger partial charge on any atom is -0.493 e. The van der Waals surface area contributed by atoms with Crippen LogP contribution in [0.15, 0.2) is 24.3 Å². The van der Waals surface area contributed by atoms with Crippen molar-refractivity contribution in [2.45, 2.75) is 25.8 Å². The highest BCUT2D eigenvalue weighted by Crippen LogP contribution is 2.43. The molecule has 1 fully saturated rings. The number of amides is 3. The first-order valence-corrected chi connectivity index (χ1v) is 9.35. The zero-order chi connectivity index (χ0) is 18.5. The maximum atomic E-state index is 12.9. The summed E-state index contributed by atoms with van der Waals surface area (Å²) in [5.74, 6) is 0.540. The number of carbonyl (C=O) groups excluding carboxylic acids is 2. The van der Waals surface area contributed by atoms with Gasteiger partial charge in [0.05, 0.1) is 12.3 Å². The van der Waals surface area contributed by atoms with Crippen LogP contribution in [0.25, 0.3) is 11.3 Å². The Balaban J connectivity index is 1.80. The number of anilines is 1. The number of benzene rings is 1. The normalized spacial score (nSPS) is 18.4. The van der Waals surface area contributed by atoms with Gasteiger partial charge >= 0.3 is 6.03 Å². The lowest BCUT2D eigenvalue weighted by molar-refractivity contribution is -0.129. The number of fused-ring (bicyclic) bond motifs is 3. The van der Waals surface area contributed by atoms with Gasteiger partial charge in [-0.25, -0.2) is 9.78 Å². The van der Waals surface area contributed by atoms with Gasteiger partial charge < -0.3 is 10.5 Å². The Morgan fingerprint density at radius 1 is 1.31 bits per heavy atom. The lowest BCUT2D eigenvalue weighted by atomic mass is 10.1. The molecule has 0 bridgehead atoms. The summed E-state index contributed by atoms with van der Waals surface area (Å²) in [6.07, 6.45) is 0.713. The fourth-order valence-corrected chi connectivity index (χ4v) is 4.57. The smallest absolute Gasteiger partial charge is 0.334 e. The van der Waals surface area contributed by atoms with E-state index in [1.807, 2.05) is 24.3 Å². The van der Waals surface area contributed by atoms with Gasteiger partial charge in [0.25, 0.3) is 5.91 Å². The second-order valence-electron chi connectivity index (χ2n) is 6.79. The third-order valence-corrected chi connectivity index (χ3v) is 5.81. The Morgan fingerprint density at radius 2 is 2.08 bits per heavy atom. The zero-order valence-corrected chi connectivity index (χ0v) is 15.5. The minimum atomic E-state index is -0.987. The van der Waals surface area contributed by atoms with Crippen LogP contribution in [-0.2, 0) is 11.2 Å². The molecule has 136 valence electrons. The Kier molecular flexibility index (Phi) is 3.96. The average molecular weight is 372 g/mol. The van der Waals surface area contributed by atoms with Gasteiger partial charge in [0, 0.05) is 30.0 Å². The molecule has 2 aromatic rings. The number of hydrogen-bond acceptors (Lipinski definition) is 6. The molecule has 7 nitrogen and oxygen atoms in total. The van der Waals surface area contributed by atoms with Gasteiger partial charge in [-0.2, -0.15) is 0 Å². The molecule has 3 amide bonds. The largest absolute Gasteiger partial charge is 0.493 e. The van der Waals surface area contributed by atoms with E-state index in [1.54, 1.807) is 13.8 Å². The van der Waals surface area contributed by atoms with Gasteiger partial charge in [-0.05, 0) is 26.0 Å². The molecule has 4 rings (SSSR count). The second-order valence-corrected chi connectivity index (χ2v) is 7.85. The number of imide groups is 1. The van der Waals surface area contributed by atoms with Crippen LogP contribution in [0.2, 0.25) is 0 Å². The number of nitrogens with two attached hydrogens (primary N) is 1. The van der Waals surface area contributed by atoms with Crippen molar-refractivity contribution in [1.82, 2.24) is 9.88 Å². The summed E-state index contributed by atoms with van der Waals surface area (Å²) in [5, 5.41) is 0.537. The minimum absolute atomic E-state index is 0.208. The number of rotatable bonds is 3. The predicted octanol–water partition coefficient (Wildman–Crippen LogP) is 2.25. The van der Waals surface area contributed by atoms with Crippen LogP contribution in [-0.4, -0.2) is 47.1 Å². The van der Waals surface area contributed by atoms with Crippen molar-refractivity contribution in [2.75, 3.05) is 24.6 Å². The highest BCUT2D eigenvalue weighted by Gasteiger charge is 2.53. The molecule has 26 heavy (non-hydrogen) atoms. The number of urea groups is 1. The van der Waals surface area contributed by atoms with Crippen LogP contribution in [0.5, 0.6) is 5.75 Å². The van der Waals surface area contributed by atoms with E-state index in [9.17, 15) is 9.59 Å². The number of hydrogen-bond donors (Lipinski definition) is 1. The SMILES string of the molecule is CC1(C)C(=O)N(CCN)C(=O)N1c1nc2c(s1)CCOc1ccccc1-2. The first-order chi connectivity index (χ1) is 12.4. The van der Waals surface area contributed by atoms with E-state index < -0.39 is 5.54 Å². The van der Waals surface area contributed by atoms with E-state index in [1.165, 1.54) is 21.1 Å². The molecule has 1 aromatic heterocycles. The van der Waals surface area contributed by atoms with Crippen molar-refractivity contribution < 1.29 is 14.3 Å². The second kappa shape index (κ2) is 6.07. The molecular weight excluding hydrogens is 352 g/mol. The standard InChI is InChI=1S/C18H20N4O3S/c1-18(2)15(23)21(9-8-19)17(24)22(18)16-20-14-11-5-3-4-6-12(11)25-10-7-13(14)26-16/h3-6H,7-10,19H2,1-2H3.